The van der Waals surface area contributed by atoms with Gasteiger partial charge in [0.1, 0.15) is 11.5 Å². The van der Waals surface area contributed by atoms with Gasteiger partial charge < -0.3 is 19.4 Å². The molecule has 0 aliphatic rings. The van der Waals surface area contributed by atoms with Crippen molar-refractivity contribution in [2.45, 2.75) is 38.5 Å². The number of aryl methyl sites for hydroxylation is 1. The van der Waals surface area contributed by atoms with Crippen LogP contribution in [-0.4, -0.2) is 40.6 Å². The van der Waals surface area contributed by atoms with Crippen molar-refractivity contribution in [2.24, 2.45) is 0 Å². The molecule has 164 valence electrons. The highest BCUT2D eigenvalue weighted by atomic mass is 32.2. The van der Waals surface area contributed by atoms with Crippen LogP contribution in [0.25, 0.3) is 11.4 Å². The van der Waals surface area contributed by atoms with Crippen LogP contribution in [-0.2, 0) is 11.3 Å². The highest BCUT2D eigenvalue weighted by Crippen LogP contribution is 2.30. The molecule has 0 radical (unpaired) electrons. The first-order valence-electron chi connectivity index (χ1n) is 10.1. The Kier molecular flexibility index (Phi) is 7.57. The zero-order valence-corrected chi connectivity index (χ0v) is 19.3. The van der Waals surface area contributed by atoms with E-state index in [0.717, 1.165) is 34.2 Å². The molecule has 0 saturated carbocycles. The third-order valence-electron chi connectivity index (χ3n) is 5.03. The maximum atomic E-state index is 12.6. The number of thioether (sulfide) groups is 1. The minimum absolute atomic E-state index is 0.0922. The number of nitrogens with zero attached hydrogens (tertiary/aromatic N) is 3. The number of ether oxygens (including phenoxy) is 2. The summed E-state index contributed by atoms with van der Waals surface area (Å²) >= 11 is 1.38. The molecule has 0 saturated heterocycles. The molecule has 0 aliphatic carbocycles. The minimum atomic E-state index is -0.232. The first kappa shape index (κ1) is 22.7. The number of hydrogen-bond donors (Lipinski definition) is 1. The first-order chi connectivity index (χ1) is 15.0. The van der Waals surface area contributed by atoms with Gasteiger partial charge in [-0.2, -0.15) is 0 Å². The molecule has 7 nitrogen and oxygen atoms in total. The van der Waals surface area contributed by atoms with E-state index in [1.165, 1.54) is 11.8 Å². The van der Waals surface area contributed by atoms with Crippen LogP contribution in [0.2, 0.25) is 0 Å². The molecule has 3 aromatic rings. The Morgan fingerprint density at radius 1 is 1.16 bits per heavy atom. The highest BCUT2D eigenvalue weighted by molar-refractivity contribution is 7.99. The van der Waals surface area contributed by atoms with Gasteiger partial charge in [-0.1, -0.05) is 36.0 Å². The topological polar surface area (TPSA) is 78.3 Å². The second-order valence-electron chi connectivity index (χ2n) is 7.05. The number of carbonyl (C=O) groups excluding carboxylic acids is 1. The van der Waals surface area contributed by atoms with E-state index in [9.17, 15) is 4.79 Å². The number of carbonyl (C=O) groups is 1. The van der Waals surface area contributed by atoms with Gasteiger partial charge in [0.25, 0.3) is 0 Å². The Bertz CT molecular complexity index is 1050. The van der Waals surface area contributed by atoms with Crippen molar-refractivity contribution in [3.05, 3.63) is 53.6 Å². The number of rotatable bonds is 9. The van der Waals surface area contributed by atoms with E-state index < -0.39 is 0 Å². The summed E-state index contributed by atoms with van der Waals surface area (Å²) in [7, 11) is 3.22. The molecule has 1 atom stereocenters. The zero-order chi connectivity index (χ0) is 22.4. The van der Waals surface area contributed by atoms with Crippen molar-refractivity contribution in [2.75, 3.05) is 20.0 Å². The molecule has 1 N–H and O–H groups in total. The summed E-state index contributed by atoms with van der Waals surface area (Å²) in [6.45, 7) is 6.74. The smallest absolute Gasteiger partial charge is 0.230 e. The number of nitrogens with one attached hydrogen (secondary N) is 1. The normalized spacial score (nSPS) is 11.8. The van der Waals surface area contributed by atoms with Crippen molar-refractivity contribution in [1.82, 2.24) is 20.1 Å². The number of benzene rings is 2. The fraction of sp³-hybridized carbons (Fsp3) is 0.348. The lowest BCUT2D eigenvalue weighted by atomic mass is 10.1. The molecule has 8 heteroatoms. The number of amides is 1. The molecule has 1 aromatic heterocycles. The van der Waals surface area contributed by atoms with Gasteiger partial charge in [0.2, 0.25) is 5.91 Å². The van der Waals surface area contributed by atoms with Crippen molar-refractivity contribution in [3.8, 4) is 22.9 Å². The van der Waals surface area contributed by atoms with Crippen LogP contribution >= 0.6 is 11.8 Å². The van der Waals surface area contributed by atoms with Gasteiger partial charge in [-0.05, 0) is 44.5 Å². The lowest BCUT2D eigenvalue weighted by Gasteiger charge is -2.18. The van der Waals surface area contributed by atoms with E-state index in [4.69, 9.17) is 9.47 Å². The fourth-order valence-corrected chi connectivity index (χ4v) is 4.19. The molecule has 0 aliphatic heterocycles. The summed E-state index contributed by atoms with van der Waals surface area (Å²) in [5, 5.41) is 12.4. The fourth-order valence-electron chi connectivity index (χ4n) is 3.37. The maximum absolute atomic E-state index is 12.6. The Morgan fingerprint density at radius 2 is 1.94 bits per heavy atom. The summed E-state index contributed by atoms with van der Waals surface area (Å²) in [5.74, 6) is 2.38. The second kappa shape index (κ2) is 10.3. The quantitative estimate of drug-likeness (QED) is 0.501. The molecule has 0 bridgehead atoms. The van der Waals surface area contributed by atoms with Gasteiger partial charge in [-0.25, -0.2) is 0 Å². The van der Waals surface area contributed by atoms with Crippen molar-refractivity contribution in [1.29, 1.82) is 0 Å². The van der Waals surface area contributed by atoms with E-state index >= 15 is 0 Å². The zero-order valence-electron chi connectivity index (χ0n) is 18.5. The molecule has 31 heavy (non-hydrogen) atoms. The Hall–Kier alpha value is -3.00. The van der Waals surface area contributed by atoms with E-state index in [0.29, 0.717) is 11.5 Å². The summed E-state index contributed by atoms with van der Waals surface area (Å²) in [6, 6.07) is 13.4. The predicted octanol–water partition coefficient (Wildman–Crippen LogP) is 4.26. The largest absolute Gasteiger partial charge is 0.497 e. The first-order valence-corrected chi connectivity index (χ1v) is 11.1. The Balaban J connectivity index is 1.68. The lowest BCUT2D eigenvalue weighted by molar-refractivity contribution is -0.119. The van der Waals surface area contributed by atoms with E-state index in [2.05, 4.69) is 28.5 Å². The summed E-state index contributed by atoms with van der Waals surface area (Å²) < 4.78 is 12.8. The van der Waals surface area contributed by atoms with Gasteiger partial charge in [0, 0.05) is 17.7 Å². The molecule has 3 rings (SSSR count). The molecular weight excluding hydrogens is 412 g/mol. The van der Waals surface area contributed by atoms with Gasteiger partial charge in [0.15, 0.2) is 11.0 Å². The molecule has 2 aromatic carbocycles. The van der Waals surface area contributed by atoms with Crippen LogP contribution in [0, 0.1) is 6.92 Å². The third-order valence-corrected chi connectivity index (χ3v) is 6.00. The average molecular weight is 441 g/mol. The van der Waals surface area contributed by atoms with E-state index in [-0.39, 0.29) is 17.7 Å². The maximum Gasteiger partial charge on any atom is 0.230 e. The van der Waals surface area contributed by atoms with Crippen molar-refractivity contribution in [3.63, 3.8) is 0 Å². The minimum Gasteiger partial charge on any atom is -0.497 e. The van der Waals surface area contributed by atoms with E-state index in [1.54, 1.807) is 14.2 Å². The third kappa shape index (κ3) is 5.19. The molecule has 0 spiro atoms. The SMILES string of the molecule is CCn1c(SCC(=O)NC(C)c2cc(OC)ccc2OC)nnc1-c1ccccc1C. The monoisotopic (exact) mass is 440 g/mol. The standard InChI is InChI=1S/C23H28N4O3S/c1-6-27-22(18-10-8-7-9-15(18)2)25-26-23(27)31-14-21(28)24-16(3)19-13-17(29-4)11-12-20(19)30-5/h7-13,16H,6,14H2,1-5H3,(H,24,28). The van der Waals surface area contributed by atoms with Gasteiger partial charge >= 0.3 is 0 Å². The van der Waals surface area contributed by atoms with Crippen LogP contribution in [0.15, 0.2) is 47.6 Å². The lowest BCUT2D eigenvalue weighted by Crippen LogP contribution is -2.28. The predicted molar refractivity (Wildman–Crippen MR) is 123 cm³/mol. The van der Waals surface area contributed by atoms with Crippen LogP contribution in [0.4, 0.5) is 0 Å². The number of methoxy groups -OCH3 is 2. The van der Waals surface area contributed by atoms with Crippen LogP contribution in [0.1, 0.15) is 31.0 Å². The molecule has 1 unspecified atom stereocenters. The Labute approximate surface area is 187 Å². The van der Waals surface area contributed by atoms with Crippen molar-refractivity contribution >= 4 is 17.7 Å². The van der Waals surface area contributed by atoms with Crippen LogP contribution < -0.4 is 14.8 Å². The molecule has 1 heterocycles. The molecular formula is C23H28N4O3S. The van der Waals surface area contributed by atoms with Gasteiger partial charge in [-0.3, -0.25) is 4.79 Å². The number of hydrogen-bond acceptors (Lipinski definition) is 6. The molecule has 1 amide bonds. The van der Waals surface area contributed by atoms with Crippen LogP contribution in [0.5, 0.6) is 11.5 Å². The van der Waals surface area contributed by atoms with Gasteiger partial charge in [-0.15, -0.1) is 10.2 Å². The Morgan fingerprint density at radius 3 is 2.61 bits per heavy atom. The summed E-state index contributed by atoms with van der Waals surface area (Å²) in [5.41, 5.74) is 3.05. The van der Waals surface area contributed by atoms with Crippen LogP contribution in [0.3, 0.4) is 0 Å². The van der Waals surface area contributed by atoms with Crippen molar-refractivity contribution < 1.29 is 14.3 Å². The number of aromatic nitrogens is 3. The average Bonchev–Trinajstić information content (AvgIpc) is 3.20. The summed E-state index contributed by atoms with van der Waals surface area (Å²) in [4.78, 5) is 12.6. The van der Waals surface area contributed by atoms with Gasteiger partial charge in [0.05, 0.1) is 26.0 Å². The second-order valence-corrected chi connectivity index (χ2v) is 7.99. The highest BCUT2D eigenvalue weighted by Gasteiger charge is 2.18. The summed E-state index contributed by atoms with van der Waals surface area (Å²) in [6.07, 6.45) is 0. The molecule has 0 fully saturated rings. The van der Waals surface area contributed by atoms with E-state index in [1.807, 2.05) is 54.8 Å².